The zero-order chi connectivity index (χ0) is 17.1. The maximum atomic E-state index is 12.0. The Bertz CT molecular complexity index is 660. The molecule has 0 spiro atoms. The second kappa shape index (κ2) is 37.0. The van der Waals surface area contributed by atoms with Crippen molar-refractivity contribution in [2.24, 2.45) is 0 Å². The van der Waals surface area contributed by atoms with Gasteiger partial charge in [0.25, 0.3) is 0 Å². The number of benzene rings is 3. The van der Waals surface area contributed by atoms with Gasteiger partial charge in [-0.25, -0.2) is 0 Å². The van der Waals surface area contributed by atoms with E-state index in [9.17, 15) is 4.39 Å². The molecule has 0 aliphatic carbocycles. The largest absolute Gasteiger partial charge is 2.00 e. The molecule has 0 saturated heterocycles. The minimum absolute atomic E-state index is 0. The van der Waals surface area contributed by atoms with Gasteiger partial charge in [0.15, 0.2) is 0 Å². The number of rotatable bonds is 0. The van der Waals surface area contributed by atoms with Crippen LogP contribution in [0.1, 0.15) is 22.3 Å². The van der Waals surface area contributed by atoms with E-state index in [0.29, 0.717) is 0 Å². The van der Waals surface area contributed by atoms with Crippen LogP contribution in [0.25, 0.3) is 0 Å². The van der Waals surface area contributed by atoms with Crippen LogP contribution in [-0.4, -0.2) is 0 Å². The van der Waals surface area contributed by atoms with Crippen molar-refractivity contribution in [3.63, 3.8) is 0 Å². The van der Waals surface area contributed by atoms with E-state index >= 15 is 0 Å². The molecule has 0 fully saturated rings. The van der Waals surface area contributed by atoms with Gasteiger partial charge in [-0.05, 0) is 0 Å². The topological polar surface area (TPSA) is 0 Å². The predicted molar refractivity (Wildman–Crippen MR) is 110 cm³/mol. The van der Waals surface area contributed by atoms with E-state index in [1.54, 1.807) is 6.07 Å². The first kappa shape index (κ1) is 58.9. The predicted octanol–water partition coefficient (Wildman–Crippen LogP) is 6.57. The van der Waals surface area contributed by atoms with Crippen LogP contribution in [0.4, 0.5) is 4.39 Å². The molecular formula is C25H28FV3W3-3. The molecule has 3 rings (SSSR count). The van der Waals surface area contributed by atoms with Gasteiger partial charge in [-0.2, -0.15) is 0 Å². The molecule has 3 radical (unpaired) electrons. The Morgan fingerprint density at radius 3 is 1.19 bits per heavy atom. The van der Waals surface area contributed by atoms with Crippen LogP contribution < -0.4 is 0 Å². The second-order valence-electron chi connectivity index (χ2n) is 5.03. The van der Waals surface area contributed by atoms with Crippen molar-refractivity contribution in [2.45, 2.75) is 27.7 Å². The summed E-state index contributed by atoms with van der Waals surface area (Å²) in [6.45, 7) is 7.87. The van der Waals surface area contributed by atoms with E-state index < -0.39 is 0 Å². The molecule has 0 aliphatic rings. The molecule has 0 nitrogen and oxygen atoms in total. The molecule has 0 unspecified atom stereocenters. The Morgan fingerprint density at radius 1 is 0.531 bits per heavy atom. The van der Waals surface area contributed by atoms with Crippen LogP contribution in [0.2, 0.25) is 0 Å². The molecule has 3 aromatic rings. The zero-order valence-corrected chi connectivity index (χ0v) is 32.5. The van der Waals surface area contributed by atoms with Crippen LogP contribution in [0.15, 0.2) is 42.5 Å². The molecule has 7 heteroatoms. The average molecular weight is 1050 g/mol. The summed E-state index contributed by atoms with van der Waals surface area (Å²) in [4.78, 5) is 0. The summed E-state index contributed by atoms with van der Waals surface area (Å²) in [6.07, 6.45) is 0. The Labute approximate surface area is 276 Å². The minimum Gasteiger partial charge on any atom is -0.358 e. The number of hydrogen-bond donors (Lipinski definition) is 0. The molecule has 0 amide bonds. The van der Waals surface area contributed by atoms with Crippen LogP contribution >= 0.6 is 0 Å². The molecule has 0 bridgehead atoms. The third-order valence-corrected chi connectivity index (χ3v) is 2.64. The van der Waals surface area contributed by atoms with E-state index in [4.69, 9.17) is 0 Å². The van der Waals surface area contributed by atoms with Crippen LogP contribution in [-0.2, 0) is 119 Å². The summed E-state index contributed by atoms with van der Waals surface area (Å²) in [5, 5.41) is 0. The van der Waals surface area contributed by atoms with Crippen molar-refractivity contribution in [3.05, 3.63) is 129 Å². The van der Waals surface area contributed by atoms with E-state index in [-0.39, 0.29) is 147 Å². The first-order valence-corrected chi connectivity index (χ1v) is 7.24. The molecule has 0 atom stereocenters. The first-order chi connectivity index (χ1) is 11.0. The Balaban J connectivity index is -0.0000000311. The maximum Gasteiger partial charge on any atom is 2.00 e. The number of halogens is 1. The second-order valence-corrected chi connectivity index (χ2v) is 5.03. The van der Waals surface area contributed by atoms with Gasteiger partial charge < -0.3 is 57.0 Å². The van der Waals surface area contributed by atoms with Gasteiger partial charge in [-0.1, -0.05) is 0 Å². The summed E-state index contributed by atoms with van der Waals surface area (Å²) < 4.78 is 12.0. The molecule has 0 aromatic heterocycles. The van der Waals surface area contributed by atoms with Gasteiger partial charge in [0.2, 0.25) is 0 Å². The quantitative estimate of drug-likeness (QED) is 0.224. The summed E-state index contributed by atoms with van der Waals surface area (Å²) in [7, 11) is 0. The molecule has 171 valence electrons. The standard InChI is InChI=1S/C8H8.C7H5F.C7H6.3CH3.3V.3W/c1-7-4-3-5-8(2)6-7;1-6-2-4-7(8)5-3-6;1-7-5-3-2-4-6-7;;;;;;;;;/h4-5H,1-2H3;2,5H,1H3;2-3,6H,1H3;3*1H3;;;;;;/q3*-2;3*-1;3*+2;;;. The summed E-state index contributed by atoms with van der Waals surface area (Å²) in [5.74, 6) is -0.351. The third kappa shape index (κ3) is 33.6. The van der Waals surface area contributed by atoms with Crippen molar-refractivity contribution in [2.75, 3.05) is 0 Å². The minimum atomic E-state index is -0.351. The van der Waals surface area contributed by atoms with Gasteiger partial charge in [-0.3, -0.25) is 70.8 Å². The number of aryl methyl sites for hydroxylation is 4. The molecule has 32 heavy (non-hydrogen) atoms. The van der Waals surface area contributed by atoms with Gasteiger partial charge in [-0.15, -0.1) is 33.5 Å². The molecule has 0 N–H and O–H groups in total. The summed E-state index contributed by atoms with van der Waals surface area (Å²) >= 11 is 0. The SMILES string of the molecule is Cc1[c-]c(C)c[c-]c1.Cc1[c-]cc(F)[c-]c1.Cc1[c-]cc[c-]c1.[CH3-].[CH3-].[CH3-].[V+2].[V+2].[V+2].[W].[W].[W]. The Kier molecular flexibility index (Phi) is 68.0. The van der Waals surface area contributed by atoms with Gasteiger partial charge in [0.05, 0.1) is 0 Å². The fourth-order valence-corrected chi connectivity index (χ4v) is 1.55. The normalized spacial score (nSPS) is 6.53. The first-order valence-electron chi connectivity index (χ1n) is 7.24. The Morgan fingerprint density at radius 2 is 0.969 bits per heavy atom. The molecule has 0 heterocycles. The molecular weight excluding hydrogens is 1020 g/mol. The van der Waals surface area contributed by atoms with Crippen molar-refractivity contribution in [1.82, 2.24) is 0 Å². The van der Waals surface area contributed by atoms with Gasteiger partial charge in [0.1, 0.15) is 0 Å². The zero-order valence-electron chi connectivity index (χ0n) is 19.5. The monoisotopic (exact) mass is 1050 g/mol. The fraction of sp³-hybridized carbons (Fsp3) is 0.160. The van der Waals surface area contributed by atoms with E-state index in [1.165, 1.54) is 6.07 Å². The molecule has 0 saturated carbocycles. The van der Waals surface area contributed by atoms with Crippen LogP contribution in [0.3, 0.4) is 0 Å². The van der Waals surface area contributed by atoms with Crippen molar-refractivity contribution >= 4 is 0 Å². The Hall–Kier alpha value is 1.41. The average Bonchev–Trinajstić information content (AvgIpc) is 2.52. The fourth-order valence-electron chi connectivity index (χ4n) is 1.55. The van der Waals surface area contributed by atoms with Crippen molar-refractivity contribution < 1.29 is 123 Å². The van der Waals surface area contributed by atoms with E-state index in [1.807, 2.05) is 58.0 Å². The maximum absolute atomic E-state index is 12.0. The van der Waals surface area contributed by atoms with Gasteiger partial charge in [0, 0.05) is 63.2 Å². The van der Waals surface area contributed by atoms with Crippen LogP contribution in [0.5, 0.6) is 0 Å². The van der Waals surface area contributed by atoms with E-state index in [0.717, 1.165) is 22.3 Å². The van der Waals surface area contributed by atoms with Crippen molar-refractivity contribution in [3.8, 4) is 0 Å². The molecule has 0 aliphatic heterocycles. The molecule has 3 aromatic carbocycles. The summed E-state index contributed by atoms with van der Waals surface area (Å²) in [5.41, 5.74) is 4.36. The third-order valence-electron chi connectivity index (χ3n) is 2.64. The van der Waals surface area contributed by atoms with Gasteiger partial charge >= 0.3 is 55.7 Å². The van der Waals surface area contributed by atoms with Crippen LogP contribution in [0, 0.1) is 92.2 Å². The van der Waals surface area contributed by atoms with Crippen molar-refractivity contribution in [1.29, 1.82) is 0 Å². The smallest absolute Gasteiger partial charge is 0.358 e. The van der Waals surface area contributed by atoms with E-state index in [2.05, 4.69) is 36.4 Å². The number of hydrogen-bond acceptors (Lipinski definition) is 0. The summed E-state index contributed by atoms with van der Waals surface area (Å²) in [6, 6.07) is 29.4.